The lowest BCUT2D eigenvalue weighted by Gasteiger charge is -2.12. The zero-order valence-electron chi connectivity index (χ0n) is 11.9. The number of nitriles is 1. The van der Waals surface area contributed by atoms with Gasteiger partial charge in [-0.05, 0) is 12.1 Å². The number of para-hydroxylation sites is 1. The molecule has 1 heterocycles. The quantitative estimate of drug-likeness (QED) is 0.921. The molecular formula is C14H14N4O3. The van der Waals surface area contributed by atoms with Gasteiger partial charge in [0, 0.05) is 7.05 Å². The highest BCUT2D eigenvalue weighted by Gasteiger charge is 2.19. The number of methoxy groups -OCH3 is 2. The van der Waals surface area contributed by atoms with Crippen LogP contribution >= 0.6 is 0 Å². The molecule has 0 atom stereocenters. The second kappa shape index (κ2) is 5.96. The minimum absolute atomic E-state index is 0.285. The van der Waals surface area contributed by atoms with E-state index in [2.05, 4.69) is 10.4 Å². The number of aromatic nitrogens is 2. The first-order chi connectivity index (χ1) is 10.1. The van der Waals surface area contributed by atoms with Crippen LogP contribution in [0.3, 0.4) is 0 Å². The van der Waals surface area contributed by atoms with Crippen molar-refractivity contribution in [3.05, 3.63) is 35.5 Å². The summed E-state index contributed by atoms with van der Waals surface area (Å²) in [5, 5.41) is 15.6. The topological polar surface area (TPSA) is 89.2 Å². The molecule has 1 amide bonds. The second-order valence-electron chi connectivity index (χ2n) is 4.14. The number of rotatable bonds is 4. The molecule has 0 aliphatic rings. The van der Waals surface area contributed by atoms with E-state index in [0.717, 1.165) is 0 Å². The van der Waals surface area contributed by atoms with Gasteiger partial charge in [0.1, 0.15) is 17.5 Å². The molecule has 0 saturated carbocycles. The van der Waals surface area contributed by atoms with E-state index in [4.69, 9.17) is 14.7 Å². The number of carbonyl (C=O) groups excluding carboxylic acids is 1. The summed E-state index contributed by atoms with van der Waals surface area (Å²) in [5.74, 6) is 0.701. The van der Waals surface area contributed by atoms with Crippen LogP contribution in [-0.4, -0.2) is 29.9 Å². The maximum absolute atomic E-state index is 12.4. The van der Waals surface area contributed by atoms with E-state index in [1.807, 2.05) is 6.07 Å². The molecule has 7 heteroatoms. The lowest BCUT2D eigenvalue weighted by Crippen LogP contribution is -2.16. The Morgan fingerprint density at radius 1 is 1.38 bits per heavy atom. The fourth-order valence-electron chi connectivity index (χ4n) is 1.91. The molecule has 2 aromatic rings. The number of carbonyl (C=O) groups is 1. The third-order valence-corrected chi connectivity index (χ3v) is 2.94. The minimum atomic E-state index is -0.411. The van der Waals surface area contributed by atoms with Crippen molar-refractivity contribution in [2.24, 2.45) is 7.05 Å². The molecule has 0 unspecified atom stereocenters. The molecule has 0 aliphatic carbocycles. The van der Waals surface area contributed by atoms with E-state index < -0.39 is 5.91 Å². The molecule has 0 saturated heterocycles. The number of amides is 1. The van der Waals surface area contributed by atoms with Crippen molar-refractivity contribution >= 4 is 11.7 Å². The highest BCUT2D eigenvalue weighted by molar-refractivity contribution is 6.06. The molecule has 1 aromatic heterocycles. The monoisotopic (exact) mass is 286 g/mol. The highest BCUT2D eigenvalue weighted by atomic mass is 16.5. The third kappa shape index (κ3) is 2.65. The molecule has 0 spiro atoms. The van der Waals surface area contributed by atoms with Crippen LogP contribution < -0.4 is 14.8 Å². The van der Waals surface area contributed by atoms with E-state index in [9.17, 15) is 4.79 Å². The number of aryl methyl sites for hydroxylation is 1. The molecular weight excluding hydrogens is 272 g/mol. The molecule has 1 aromatic carbocycles. The summed E-state index contributed by atoms with van der Waals surface area (Å²) in [4.78, 5) is 12.4. The van der Waals surface area contributed by atoms with Crippen LogP contribution in [0.25, 0.3) is 0 Å². The molecule has 1 N–H and O–H groups in total. The number of hydrogen-bond donors (Lipinski definition) is 1. The summed E-state index contributed by atoms with van der Waals surface area (Å²) in [7, 11) is 4.59. The highest BCUT2D eigenvalue weighted by Crippen LogP contribution is 2.31. The van der Waals surface area contributed by atoms with Crippen LogP contribution in [0.1, 0.15) is 15.9 Å². The van der Waals surface area contributed by atoms with Crippen molar-refractivity contribution < 1.29 is 14.3 Å². The van der Waals surface area contributed by atoms with Gasteiger partial charge >= 0.3 is 0 Å². The Morgan fingerprint density at radius 3 is 2.76 bits per heavy atom. The SMILES string of the molecule is COc1cccc(C(=O)Nc2c(C#N)cnn2C)c1OC. The van der Waals surface area contributed by atoms with Gasteiger partial charge in [0.2, 0.25) is 0 Å². The van der Waals surface area contributed by atoms with Crippen LogP contribution in [0.4, 0.5) is 5.82 Å². The molecule has 0 aliphatic heterocycles. The summed E-state index contributed by atoms with van der Waals surface area (Å²) in [6, 6.07) is 6.96. The average Bonchev–Trinajstić information content (AvgIpc) is 2.86. The van der Waals surface area contributed by atoms with E-state index in [0.29, 0.717) is 22.9 Å². The van der Waals surface area contributed by atoms with Crippen molar-refractivity contribution in [3.63, 3.8) is 0 Å². The molecule has 2 rings (SSSR count). The number of nitrogens with zero attached hydrogens (tertiary/aromatic N) is 3. The standard InChI is InChI=1S/C14H14N4O3/c1-18-13(9(7-15)8-16-18)17-14(19)10-5-4-6-11(20-2)12(10)21-3/h4-6,8H,1-3H3,(H,17,19). The number of anilines is 1. The summed E-state index contributed by atoms with van der Waals surface area (Å²) in [5.41, 5.74) is 0.592. The van der Waals surface area contributed by atoms with Gasteiger partial charge in [-0.25, -0.2) is 0 Å². The van der Waals surface area contributed by atoms with Crippen LogP contribution in [0.5, 0.6) is 11.5 Å². The summed E-state index contributed by atoms with van der Waals surface area (Å²) >= 11 is 0. The Hall–Kier alpha value is -3.01. The van der Waals surface area contributed by atoms with Crippen molar-refractivity contribution in [3.8, 4) is 17.6 Å². The van der Waals surface area contributed by atoms with Gasteiger partial charge < -0.3 is 14.8 Å². The predicted octanol–water partition coefficient (Wildman–Crippen LogP) is 1.56. The molecule has 108 valence electrons. The number of hydrogen-bond acceptors (Lipinski definition) is 5. The van der Waals surface area contributed by atoms with Crippen LogP contribution in [0, 0.1) is 11.3 Å². The van der Waals surface area contributed by atoms with Gasteiger partial charge in [0.25, 0.3) is 5.91 Å². The van der Waals surface area contributed by atoms with Crippen LogP contribution in [0.2, 0.25) is 0 Å². The Bertz CT molecular complexity index is 715. The second-order valence-corrected chi connectivity index (χ2v) is 4.14. The Morgan fingerprint density at radius 2 is 2.14 bits per heavy atom. The minimum Gasteiger partial charge on any atom is -0.493 e. The Kier molecular flexibility index (Phi) is 4.09. The number of nitrogens with one attached hydrogen (secondary N) is 1. The summed E-state index contributed by atoms with van der Waals surface area (Å²) in [6.07, 6.45) is 1.39. The van der Waals surface area contributed by atoms with Crippen molar-refractivity contribution in [2.45, 2.75) is 0 Å². The van der Waals surface area contributed by atoms with E-state index in [1.165, 1.54) is 25.1 Å². The van der Waals surface area contributed by atoms with Gasteiger partial charge in [-0.15, -0.1) is 0 Å². The smallest absolute Gasteiger partial charge is 0.260 e. The molecule has 21 heavy (non-hydrogen) atoms. The molecule has 0 fully saturated rings. The molecule has 0 bridgehead atoms. The maximum atomic E-state index is 12.4. The average molecular weight is 286 g/mol. The first-order valence-corrected chi connectivity index (χ1v) is 6.06. The lowest BCUT2D eigenvalue weighted by molar-refractivity contribution is 0.102. The largest absolute Gasteiger partial charge is 0.493 e. The Balaban J connectivity index is 2.38. The normalized spacial score (nSPS) is 9.81. The fraction of sp³-hybridized carbons (Fsp3) is 0.214. The molecule has 7 nitrogen and oxygen atoms in total. The van der Waals surface area contributed by atoms with Crippen LogP contribution in [-0.2, 0) is 7.05 Å². The van der Waals surface area contributed by atoms with Gasteiger partial charge in [-0.3, -0.25) is 9.48 Å². The summed E-state index contributed by atoms with van der Waals surface area (Å²) in [6.45, 7) is 0. The maximum Gasteiger partial charge on any atom is 0.260 e. The number of benzene rings is 1. The third-order valence-electron chi connectivity index (χ3n) is 2.94. The van der Waals surface area contributed by atoms with Crippen molar-refractivity contribution in [2.75, 3.05) is 19.5 Å². The van der Waals surface area contributed by atoms with Crippen molar-refractivity contribution in [1.29, 1.82) is 5.26 Å². The van der Waals surface area contributed by atoms with Gasteiger partial charge in [0.05, 0.1) is 26.0 Å². The van der Waals surface area contributed by atoms with Gasteiger partial charge in [0.15, 0.2) is 11.5 Å². The zero-order chi connectivity index (χ0) is 15.4. The van der Waals surface area contributed by atoms with E-state index >= 15 is 0 Å². The first-order valence-electron chi connectivity index (χ1n) is 6.06. The van der Waals surface area contributed by atoms with Crippen molar-refractivity contribution in [1.82, 2.24) is 9.78 Å². The first kappa shape index (κ1) is 14.4. The Labute approximate surface area is 121 Å². The number of ether oxygens (including phenoxy) is 2. The van der Waals surface area contributed by atoms with E-state index in [-0.39, 0.29) is 5.56 Å². The van der Waals surface area contributed by atoms with E-state index in [1.54, 1.807) is 25.2 Å². The fourth-order valence-corrected chi connectivity index (χ4v) is 1.91. The molecule has 0 radical (unpaired) electrons. The van der Waals surface area contributed by atoms with Gasteiger partial charge in [-0.1, -0.05) is 6.07 Å². The summed E-state index contributed by atoms with van der Waals surface area (Å²) < 4.78 is 11.8. The predicted molar refractivity (Wildman–Crippen MR) is 75.4 cm³/mol. The van der Waals surface area contributed by atoms with Gasteiger partial charge in [-0.2, -0.15) is 10.4 Å². The zero-order valence-corrected chi connectivity index (χ0v) is 11.9. The van der Waals surface area contributed by atoms with Crippen LogP contribution in [0.15, 0.2) is 24.4 Å². The lowest BCUT2D eigenvalue weighted by atomic mass is 10.1.